The standard InChI is InChI=1S/C22H20FN3O/c1-4-13-25(15-18-8-10-19(23)11-9-18)22(27)20-14-16(2)26(17(20)3)21-7-5-6-12-24-21/h1,5-12,14H,13,15H2,2-3H3. The molecule has 0 unspecified atom stereocenters. The highest BCUT2D eigenvalue weighted by Gasteiger charge is 2.22. The van der Waals surface area contributed by atoms with E-state index in [0.29, 0.717) is 12.1 Å². The first-order valence-corrected chi connectivity index (χ1v) is 8.58. The van der Waals surface area contributed by atoms with Crippen molar-refractivity contribution >= 4 is 5.91 Å². The Balaban J connectivity index is 1.93. The molecule has 0 saturated carbocycles. The molecule has 3 aromatic rings. The Kier molecular flexibility index (Phi) is 5.37. The number of benzene rings is 1. The van der Waals surface area contributed by atoms with Gasteiger partial charge in [-0.3, -0.25) is 4.79 Å². The molecule has 0 N–H and O–H groups in total. The fraction of sp³-hybridized carbons (Fsp3) is 0.182. The summed E-state index contributed by atoms with van der Waals surface area (Å²) in [5.41, 5.74) is 3.11. The van der Waals surface area contributed by atoms with Gasteiger partial charge in [0.25, 0.3) is 5.91 Å². The number of terminal acetylenes is 1. The molecular formula is C22H20FN3O. The molecule has 0 aliphatic rings. The van der Waals surface area contributed by atoms with Gasteiger partial charge in [-0.1, -0.05) is 24.1 Å². The number of rotatable bonds is 5. The molecule has 2 aromatic heterocycles. The van der Waals surface area contributed by atoms with E-state index in [0.717, 1.165) is 22.8 Å². The van der Waals surface area contributed by atoms with Crippen LogP contribution in [-0.2, 0) is 6.54 Å². The van der Waals surface area contributed by atoms with Crippen LogP contribution in [0.15, 0.2) is 54.7 Å². The van der Waals surface area contributed by atoms with Gasteiger partial charge in [0, 0.05) is 24.1 Å². The molecule has 0 atom stereocenters. The lowest BCUT2D eigenvalue weighted by Gasteiger charge is -2.20. The molecule has 0 spiro atoms. The summed E-state index contributed by atoms with van der Waals surface area (Å²) >= 11 is 0. The summed E-state index contributed by atoms with van der Waals surface area (Å²) in [5, 5.41) is 0. The first kappa shape index (κ1) is 18.4. The minimum Gasteiger partial charge on any atom is -0.323 e. The monoisotopic (exact) mass is 361 g/mol. The summed E-state index contributed by atoms with van der Waals surface area (Å²) in [6.07, 6.45) is 7.19. The van der Waals surface area contributed by atoms with E-state index >= 15 is 0 Å². The van der Waals surface area contributed by atoms with Crippen LogP contribution in [0.3, 0.4) is 0 Å². The lowest BCUT2D eigenvalue weighted by molar-refractivity contribution is 0.0765. The molecule has 0 fully saturated rings. The highest BCUT2D eigenvalue weighted by Crippen LogP contribution is 2.21. The Hall–Kier alpha value is -3.39. The van der Waals surface area contributed by atoms with Crippen LogP contribution in [0.25, 0.3) is 5.82 Å². The van der Waals surface area contributed by atoms with Gasteiger partial charge in [-0.15, -0.1) is 6.42 Å². The van der Waals surface area contributed by atoms with E-state index in [1.54, 1.807) is 23.2 Å². The Bertz CT molecular complexity index is 985. The van der Waals surface area contributed by atoms with Crippen LogP contribution in [0.1, 0.15) is 27.3 Å². The second-order valence-electron chi connectivity index (χ2n) is 6.30. The van der Waals surface area contributed by atoms with E-state index < -0.39 is 0 Å². The predicted molar refractivity (Wildman–Crippen MR) is 103 cm³/mol. The number of hydrogen-bond donors (Lipinski definition) is 0. The molecule has 27 heavy (non-hydrogen) atoms. The third kappa shape index (κ3) is 3.90. The highest BCUT2D eigenvalue weighted by atomic mass is 19.1. The van der Waals surface area contributed by atoms with E-state index in [-0.39, 0.29) is 18.3 Å². The van der Waals surface area contributed by atoms with Crippen molar-refractivity contribution < 1.29 is 9.18 Å². The maximum Gasteiger partial charge on any atom is 0.256 e. The number of nitrogens with zero attached hydrogens (tertiary/aromatic N) is 3. The van der Waals surface area contributed by atoms with E-state index in [9.17, 15) is 9.18 Å². The molecule has 3 rings (SSSR count). The summed E-state index contributed by atoms with van der Waals surface area (Å²) in [4.78, 5) is 19.1. The zero-order chi connectivity index (χ0) is 19.4. The smallest absolute Gasteiger partial charge is 0.256 e. The van der Waals surface area contributed by atoms with Crippen molar-refractivity contribution in [2.75, 3.05) is 6.54 Å². The van der Waals surface area contributed by atoms with Gasteiger partial charge < -0.3 is 9.47 Å². The molecule has 0 aliphatic carbocycles. The number of aryl methyl sites for hydroxylation is 1. The molecule has 0 aliphatic heterocycles. The second-order valence-corrected chi connectivity index (χ2v) is 6.30. The van der Waals surface area contributed by atoms with Crippen molar-refractivity contribution in [3.63, 3.8) is 0 Å². The fourth-order valence-electron chi connectivity index (χ4n) is 3.11. The topological polar surface area (TPSA) is 38.1 Å². The molecule has 1 amide bonds. The molecule has 0 saturated heterocycles. The largest absolute Gasteiger partial charge is 0.323 e. The normalized spacial score (nSPS) is 10.4. The SMILES string of the molecule is C#CCN(Cc1ccc(F)cc1)C(=O)c1cc(C)n(-c2ccccn2)c1C. The summed E-state index contributed by atoms with van der Waals surface area (Å²) in [6.45, 7) is 4.31. The van der Waals surface area contributed by atoms with Crippen LogP contribution in [0.4, 0.5) is 4.39 Å². The van der Waals surface area contributed by atoms with Crippen LogP contribution in [0.5, 0.6) is 0 Å². The van der Waals surface area contributed by atoms with Crippen molar-refractivity contribution in [2.45, 2.75) is 20.4 Å². The van der Waals surface area contributed by atoms with Gasteiger partial charge in [-0.25, -0.2) is 9.37 Å². The van der Waals surface area contributed by atoms with Crippen LogP contribution in [0.2, 0.25) is 0 Å². The maximum atomic E-state index is 13.1. The molecule has 1 aromatic carbocycles. The van der Waals surface area contributed by atoms with Crippen molar-refractivity contribution in [1.29, 1.82) is 0 Å². The predicted octanol–water partition coefficient (Wildman–Crippen LogP) is 3.90. The van der Waals surface area contributed by atoms with E-state index in [1.165, 1.54) is 12.1 Å². The number of aromatic nitrogens is 2. The zero-order valence-electron chi connectivity index (χ0n) is 15.3. The summed E-state index contributed by atoms with van der Waals surface area (Å²) in [6, 6.07) is 13.6. The molecule has 0 bridgehead atoms. The van der Waals surface area contributed by atoms with E-state index in [4.69, 9.17) is 6.42 Å². The minimum atomic E-state index is -0.313. The number of hydrogen-bond acceptors (Lipinski definition) is 2. The third-order valence-corrected chi connectivity index (χ3v) is 4.40. The maximum absolute atomic E-state index is 13.1. The quantitative estimate of drug-likeness (QED) is 0.647. The molecule has 136 valence electrons. The molecule has 4 nitrogen and oxygen atoms in total. The average Bonchev–Trinajstić information content (AvgIpc) is 2.97. The lowest BCUT2D eigenvalue weighted by Crippen LogP contribution is -2.31. The third-order valence-electron chi connectivity index (χ3n) is 4.40. The number of carbonyl (C=O) groups excluding carboxylic acids is 1. The van der Waals surface area contributed by atoms with Gasteiger partial charge in [-0.05, 0) is 49.7 Å². The van der Waals surface area contributed by atoms with Crippen LogP contribution < -0.4 is 0 Å². The van der Waals surface area contributed by atoms with Gasteiger partial charge >= 0.3 is 0 Å². The van der Waals surface area contributed by atoms with Gasteiger partial charge in [0.05, 0.1) is 12.1 Å². The Labute approximate surface area is 158 Å². The first-order chi connectivity index (χ1) is 13.0. The van der Waals surface area contributed by atoms with Gasteiger partial charge in [0.15, 0.2) is 0 Å². The number of carbonyl (C=O) groups is 1. The van der Waals surface area contributed by atoms with Gasteiger partial charge in [0.2, 0.25) is 0 Å². The Morgan fingerprint density at radius 3 is 2.59 bits per heavy atom. The summed E-state index contributed by atoms with van der Waals surface area (Å²) < 4.78 is 15.1. The molecule has 2 heterocycles. The average molecular weight is 361 g/mol. The fourth-order valence-corrected chi connectivity index (χ4v) is 3.11. The van der Waals surface area contributed by atoms with Crippen LogP contribution >= 0.6 is 0 Å². The minimum absolute atomic E-state index is 0.160. The lowest BCUT2D eigenvalue weighted by atomic mass is 10.1. The van der Waals surface area contributed by atoms with Crippen molar-refractivity contribution in [3.8, 4) is 18.2 Å². The van der Waals surface area contributed by atoms with Crippen LogP contribution in [-0.4, -0.2) is 26.9 Å². The number of halogens is 1. The van der Waals surface area contributed by atoms with Crippen molar-refractivity contribution in [3.05, 3.63) is 83.1 Å². The summed E-state index contributed by atoms with van der Waals surface area (Å²) in [5.74, 6) is 2.82. The highest BCUT2D eigenvalue weighted by molar-refractivity contribution is 5.96. The molecule has 5 heteroatoms. The van der Waals surface area contributed by atoms with Gasteiger partial charge in [0.1, 0.15) is 11.6 Å². The first-order valence-electron chi connectivity index (χ1n) is 8.58. The van der Waals surface area contributed by atoms with E-state index in [2.05, 4.69) is 10.9 Å². The Morgan fingerprint density at radius 2 is 1.96 bits per heavy atom. The van der Waals surface area contributed by atoms with Gasteiger partial charge in [-0.2, -0.15) is 0 Å². The second kappa shape index (κ2) is 7.88. The van der Waals surface area contributed by atoms with Crippen molar-refractivity contribution in [1.82, 2.24) is 14.5 Å². The van der Waals surface area contributed by atoms with Crippen molar-refractivity contribution in [2.24, 2.45) is 0 Å². The number of amides is 1. The van der Waals surface area contributed by atoms with Crippen LogP contribution in [0, 0.1) is 32.0 Å². The molecule has 0 radical (unpaired) electrons. The Morgan fingerprint density at radius 1 is 1.22 bits per heavy atom. The number of pyridine rings is 1. The van der Waals surface area contributed by atoms with E-state index in [1.807, 2.05) is 42.7 Å². The molecular weight excluding hydrogens is 341 g/mol. The summed E-state index contributed by atoms with van der Waals surface area (Å²) in [7, 11) is 0. The zero-order valence-corrected chi connectivity index (χ0v) is 15.3.